The summed E-state index contributed by atoms with van der Waals surface area (Å²) in [5.41, 5.74) is 1.09. The van der Waals surface area contributed by atoms with Gasteiger partial charge in [-0.15, -0.1) is 0 Å². The van der Waals surface area contributed by atoms with E-state index in [0.717, 1.165) is 0 Å². The molecule has 1 amide bonds. The fraction of sp³-hybridized carbons (Fsp3) is 0.235. The molecule has 1 atom stereocenters. The molecule has 152 valence electrons. The molecule has 0 spiro atoms. The van der Waals surface area contributed by atoms with Crippen LogP contribution in [0.25, 0.3) is 0 Å². The van der Waals surface area contributed by atoms with E-state index in [-0.39, 0.29) is 10.0 Å². The van der Waals surface area contributed by atoms with Gasteiger partial charge < -0.3 is 0 Å². The molecule has 2 aromatic carbocycles. The van der Waals surface area contributed by atoms with Crippen molar-refractivity contribution in [1.29, 1.82) is 0 Å². The van der Waals surface area contributed by atoms with Crippen molar-refractivity contribution in [2.24, 2.45) is 0 Å². The van der Waals surface area contributed by atoms with E-state index in [0.29, 0.717) is 28.6 Å². The van der Waals surface area contributed by atoms with Crippen LogP contribution in [0.5, 0.6) is 17.2 Å². The number of methoxy groups -OCH3 is 3. The standard InChI is InChI=1S/C17H21AsN2O8/c1-10(21)19-14-7-11(5-6-13(14)18(22,23)28-24)20-12-8-15(25-2)17(27-4)16(9-12)26-3/h5-9,20,24H,1-4H3,(H,19,21)(H,22,23). The normalized spacial score (nSPS) is 12.6. The van der Waals surface area contributed by atoms with Crippen LogP contribution in [0.15, 0.2) is 30.3 Å². The molecular formula is C17H21AsN2O8. The zero-order valence-electron chi connectivity index (χ0n) is 15.7. The van der Waals surface area contributed by atoms with Gasteiger partial charge in [-0.25, -0.2) is 0 Å². The van der Waals surface area contributed by atoms with Gasteiger partial charge in [-0.05, 0) is 0 Å². The first kappa shape index (κ1) is 21.6. The summed E-state index contributed by atoms with van der Waals surface area (Å²) >= 11 is -5.19. The van der Waals surface area contributed by atoms with Crippen molar-refractivity contribution in [2.75, 3.05) is 32.0 Å². The maximum atomic E-state index is 12.0. The Morgan fingerprint density at radius 3 is 2.07 bits per heavy atom. The van der Waals surface area contributed by atoms with Gasteiger partial charge in [-0.2, -0.15) is 0 Å². The van der Waals surface area contributed by atoms with Crippen LogP contribution in [0, 0.1) is 0 Å². The van der Waals surface area contributed by atoms with E-state index in [1.165, 1.54) is 46.5 Å². The van der Waals surface area contributed by atoms with Gasteiger partial charge in [-0.3, -0.25) is 0 Å². The molecule has 4 N–H and O–H groups in total. The van der Waals surface area contributed by atoms with Crippen molar-refractivity contribution < 1.29 is 36.0 Å². The molecule has 11 heteroatoms. The fourth-order valence-corrected chi connectivity index (χ4v) is 4.14. The van der Waals surface area contributed by atoms with E-state index in [9.17, 15) is 12.6 Å². The van der Waals surface area contributed by atoms with Crippen molar-refractivity contribution in [3.63, 3.8) is 0 Å². The Kier molecular flexibility index (Phi) is 6.98. The van der Waals surface area contributed by atoms with Gasteiger partial charge in [0, 0.05) is 0 Å². The molecule has 0 aromatic heterocycles. The summed E-state index contributed by atoms with van der Waals surface area (Å²) in [6.07, 6.45) is 0. The Bertz CT molecular complexity index is 893. The molecule has 2 rings (SSSR count). The minimum atomic E-state index is -5.19. The van der Waals surface area contributed by atoms with Gasteiger partial charge in [0.15, 0.2) is 0 Å². The zero-order chi connectivity index (χ0) is 20.9. The van der Waals surface area contributed by atoms with Crippen LogP contribution in [0.4, 0.5) is 17.1 Å². The number of amides is 1. The molecule has 0 saturated heterocycles. The molecule has 0 saturated carbocycles. The second-order valence-corrected chi connectivity index (χ2v) is 9.09. The van der Waals surface area contributed by atoms with Crippen molar-refractivity contribution in [3.8, 4) is 17.2 Å². The molecule has 2 aromatic rings. The van der Waals surface area contributed by atoms with Crippen molar-refractivity contribution in [1.82, 2.24) is 0 Å². The summed E-state index contributed by atoms with van der Waals surface area (Å²) in [6.45, 7) is 1.25. The Morgan fingerprint density at radius 2 is 1.61 bits per heavy atom. The van der Waals surface area contributed by atoms with Crippen molar-refractivity contribution in [3.05, 3.63) is 30.3 Å². The van der Waals surface area contributed by atoms with Crippen LogP contribution in [0.3, 0.4) is 0 Å². The summed E-state index contributed by atoms with van der Waals surface area (Å²) in [4.78, 5) is 11.4. The number of carbonyl (C=O) groups excluding carboxylic acids is 1. The van der Waals surface area contributed by atoms with E-state index in [1.807, 2.05) is 0 Å². The quantitative estimate of drug-likeness (QED) is 0.265. The Labute approximate surface area is 164 Å². The second-order valence-electron chi connectivity index (χ2n) is 5.55. The van der Waals surface area contributed by atoms with Crippen LogP contribution in [-0.2, 0) is 12.4 Å². The maximum absolute atomic E-state index is 12.0. The Hall–Kier alpha value is -2.65. The molecule has 28 heavy (non-hydrogen) atoms. The van der Waals surface area contributed by atoms with E-state index >= 15 is 0 Å². The third-order valence-electron chi connectivity index (χ3n) is 3.68. The molecule has 0 aliphatic rings. The number of hydrogen-bond acceptors (Lipinski definition) is 8. The first-order chi connectivity index (χ1) is 13.2. The topological polar surface area (TPSA) is 136 Å². The minimum absolute atomic E-state index is 0.0315. The molecule has 0 aliphatic carbocycles. The number of hydrogen-bond donors (Lipinski definition) is 4. The molecule has 1 unspecified atom stereocenters. The monoisotopic (exact) mass is 456 g/mol. The van der Waals surface area contributed by atoms with Gasteiger partial charge >= 0.3 is 164 Å². The first-order valence-corrected chi connectivity index (χ1v) is 11.2. The number of anilines is 3. The molecule has 0 fully saturated rings. The van der Waals surface area contributed by atoms with Gasteiger partial charge in [0.25, 0.3) is 0 Å². The van der Waals surface area contributed by atoms with Crippen LogP contribution in [0.2, 0.25) is 0 Å². The van der Waals surface area contributed by atoms with Gasteiger partial charge in [-0.1, -0.05) is 0 Å². The third kappa shape index (κ3) is 4.79. The fourth-order valence-electron chi connectivity index (χ4n) is 2.51. The molecule has 0 aliphatic heterocycles. The zero-order valence-corrected chi connectivity index (χ0v) is 17.6. The third-order valence-corrected chi connectivity index (χ3v) is 6.24. The summed E-state index contributed by atoms with van der Waals surface area (Å²) in [7, 11) is 4.46. The summed E-state index contributed by atoms with van der Waals surface area (Å²) in [5, 5.41) is 14.2. The predicted octanol–water partition coefficient (Wildman–Crippen LogP) is 1.47. The summed E-state index contributed by atoms with van der Waals surface area (Å²) in [6, 6.07) is 7.55. The van der Waals surface area contributed by atoms with E-state index in [2.05, 4.69) is 14.5 Å². The van der Waals surface area contributed by atoms with E-state index < -0.39 is 20.1 Å². The first-order valence-electron chi connectivity index (χ1n) is 7.91. The van der Waals surface area contributed by atoms with Gasteiger partial charge in [0.2, 0.25) is 0 Å². The average molecular weight is 456 g/mol. The van der Waals surface area contributed by atoms with Gasteiger partial charge in [0.05, 0.1) is 0 Å². The number of ether oxygens (including phenoxy) is 3. The van der Waals surface area contributed by atoms with E-state index in [1.54, 1.807) is 12.1 Å². The van der Waals surface area contributed by atoms with Crippen LogP contribution < -0.4 is 29.2 Å². The van der Waals surface area contributed by atoms with Crippen LogP contribution in [-0.4, -0.2) is 50.8 Å². The number of benzene rings is 2. The Morgan fingerprint density at radius 1 is 1.00 bits per heavy atom. The number of rotatable bonds is 8. The van der Waals surface area contributed by atoms with Crippen LogP contribution >= 0.6 is 0 Å². The molecule has 0 radical (unpaired) electrons. The SMILES string of the molecule is COc1cc(Nc2ccc([As](=O)(O)OO)c(NC(C)=O)c2)cc(OC)c1OC. The molecule has 10 nitrogen and oxygen atoms in total. The molecular weight excluding hydrogens is 435 g/mol. The molecule has 0 heterocycles. The Balaban J connectivity index is 2.47. The summed E-state index contributed by atoms with van der Waals surface area (Å²) in [5.74, 6) is 0.827. The average Bonchev–Trinajstić information content (AvgIpc) is 2.66. The number of nitrogens with one attached hydrogen (secondary N) is 2. The predicted molar refractivity (Wildman–Crippen MR) is 102 cm³/mol. The second kappa shape index (κ2) is 9.03. The van der Waals surface area contributed by atoms with E-state index in [4.69, 9.17) is 19.5 Å². The number of carbonyl (C=O) groups is 1. The van der Waals surface area contributed by atoms with Gasteiger partial charge in [0.1, 0.15) is 0 Å². The summed E-state index contributed by atoms with van der Waals surface area (Å²) < 4.78 is 41.2. The van der Waals surface area contributed by atoms with Crippen molar-refractivity contribution >= 4 is 41.5 Å². The van der Waals surface area contributed by atoms with Crippen molar-refractivity contribution in [2.45, 2.75) is 6.92 Å². The molecule has 0 bridgehead atoms. The van der Waals surface area contributed by atoms with Crippen LogP contribution in [0.1, 0.15) is 6.92 Å².